The number of hydrogen-bond donors (Lipinski definition) is 3. The molecule has 0 bridgehead atoms. The minimum Gasteiger partial charge on any atom is -0.489 e. The molecule has 2 aliphatic carbocycles. The second kappa shape index (κ2) is 16.6. The van der Waals surface area contributed by atoms with E-state index in [1.54, 1.807) is 50.6 Å². The number of hydrogen-bond acceptors (Lipinski definition) is 12. The number of methoxy groups -OCH3 is 2. The molecule has 4 aliphatic rings. The number of benzene rings is 1. The molecule has 3 heterocycles. The molecular weight excluding hydrogens is 640 g/mol. The van der Waals surface area contributed by atoms with Crippen LogP contribution in [0.15, 0.2) is 24.4 Å². The summed E-state index contributed by atoms with van der Waals surface area (Å²) >= 11 is 0. The average Bonchev–Trinajstić information content (AvgIpc) is 3.68. The largest absolute Gasteiger partial charge is 0.489 e. The van der Waals surface area contributed by atoms with Crippen molar-refractivity contribution in [3.63, 3.8) is 0 Å². The zero-order chi connectivity index (χ0) is 35.2. The number of nitrogens with one attached hydrogen (secondary N) is 2. The highest BCUT2D eigenvalue weighted by molar-refractivity contribution is 6.04. The average molecular weight is 695 g/mol. The first-order valence-corrected chi connectivity index (χ1v) is 18.2. The molecule has 0 spiro atoms. The van der Waals surface area contributed by atoms with Gasteiger partial charge in [0, 0.05) is 77.7 Å². The van der Waals surface area contributed by atoms with Gasteiger partial charge in [-0.05, 0) is 63.6 Å². The standard InChI is InChI=1S/C36H54N8O6/c1-24-35(47)41(2)30-22-37-36(40-33(30)44(24)28-7-5-6-8-28)39-29-14-9-25(21-31(29)50-20-19-45)34(46)38-26-10-12-27(13-11-26)43-17-15-42(16-18-43)23-32(48-3)49-4/h9,14,21-22,24,26-28,32,45H,5-8,10-13,15-20,23H2,1-4H3,(H,38,46)(H,37,39,40)/t24-,26?,27?/m1/s1. The molecule has 274 valence electrons. The molecule has 2 aliphatic heterocycles. The Bertz CT molecular complexity index is 1450. The number of carbonyl (C=O) groups is 2. The summed E-state index contributed by atoms with van der Waals surface area (Å²) in [5.41, 5.74) is 1.75. The Balaban J connectivity index is 1.07. The lowest BCUT2D eigenvalue weighted by Crippen LogP contribution is -2.54. The third kappa shape index (κ3) is 8.15. The molecule has 0 unspecified atom stereocenters. The van der Waals surface area contributed by atoms with Gasteiger partial charge in [0.25, 0.3) is 5.91 Å². The molecule has 14 heteroatoms. The van der Waals surface area contributed by atoms with Crippen LogP contribution in [0, 0.1) is 0 Å². The maximum absolute atomic E-state index is 13.4. The van der Waals surface area contributed by atoms with Crippen LogP contribution in [0.4, 0.5) is 23.1 Å². The van der Waals surface area contributed by atoms with Gasteiger partial charge in [-0.2, -0.15) is 4.98 Å². The second-order valence-corrected chi connectivity index (χ2v) is 13.9. The minimum atomic E-state index is -0.318. The Labute approximate surface area is 295 Å². The third-order valence-corrected chi connectivity index (χ3v) is 10.9. The predicted molar refractivity (Wildman–Crippen MR) is 191 cm³/mol. The van der Waals surface area contributed by atoms with E-state index in [1.165, 1.54) is 0 Å². The van der Waals surface area contributed by atoms with Gasteiger partial charge in [-0.25, -0.2) is 4.98 Å². The quantitative estimate of drug-likeness (QED) is 0.265. The van der Waals surface area contributed by atoms with Crippen molar-refractivity contribution in [3.8, 4) is 5.75 Å². The van der Waals surface area contributed by atoms with E-state index in [0.717, 1.165) is 89.9 Å². The summed E-state index contributed by atoms with van der Waals surface area (Å²) in [6.45, 7) is 6.69. The van der Waals surface area contributed by atoms with Crippen LogP contribution in [0.25, 0.3) is 0 Å². The Hall–Kier alpha value is -3.56. The smallest absolute Gasteiger partial charge is 0.251 e. The topological polar surface area (TPSA) is 145 Å². The number of nitrogens with zero attached hydrogens (tertiary/aromatic N) is 6. The van der Waals surface area contributed by atoms with Crippen molar-refractivity contribution in [1.29, 1.82) is 0 Å². The van der Waals surface area contributed by atoms with Crippen molar-refractivity contribution >= 4 is 35.0 Å². The number of ether oxygens (including phenoxy) is 3. The van der Waals surface area contributed by atoms with E-state index in [-0.39, 0.29) is 49.4 Å². The first-order chi connectivity index (χ1) is 24.3. The Kier molecular flexibility index (Phi) is 12.1. The lowest BCUT2D eigenvalue weighted by molar-refractivity contribution is -0.120. The molecule has 1 saturated heterocycles. The van der Waals surface area contributed by atoms with Gasteiger partial charge in [0.2, 0.25) is 11.9 Å². The maximum atomic E-state index is 13.4. The van der Waals surface area contributed by atoms with E-state index in [1.807, 2.05) is 6.92 Å². The fraction of sp³-hybridized carbons (Fsp3) is 0.667. The molecule has 1 atom stereocenters. The van der Waals surface area contributed by atoms with Crippen molar-refractivity contribution in [2.24, 2.45) is 0 Å². The molecule has 1 aromatic carbocycles. The molecule has 3 fully saturated rings. The van der Waals surface area contributed by atoms with Crippen LogP contribution in [0.3, 0.4) is 0 Å². The summed E-state index contributed by atoms with van der Waals surface area (Å²) < 4.78 is 16.6. The summed E-state index contributed by atoms with van der Waals surface area (Å²) in [5.74, 6) is 1.40. The van der Waals surface area contributed by atoms with Crippen molar-refractivity contribution < 1.29 is 28.9 Å². The van der Waals surface area contributed by atoms with Crippen LogP contribution >= 0.6 is 0 Å². The van der Waals surface area contributed by atoms with E-state index in [9.17, 15) is 14.7 Å². The van der Waals surface area contributed by atoms with Gasteiger partial charge in [-0.3, -0.25) is 19.4 Å². The normalized spacial score (nSPS) is 23.7. The van der Waals surface area contributed by atoms with Gasteiger partial charge in [0.05, 0.1) is 18.5 Å². The highest BCUT2D eigenvalue weighted by Gasteiger charge is 2.40. The number of fused-ring (bicyclic) bond motifs is 1. The van der Waals surface area contributed by atoms with Crippen molar-refractivity contribution in [2.75, 3.05) is 82.3 Å². The number of likely N-dealkylation sites (N-methyl/N-ethyl adjacent to an activating group) is 1. The lowest BCUT2D eigenvalue weighted by atomic mass is 9.89. The van der Waals surface area contributed by atoms with E-state index < -0.39 is 0 Å². The maximum Gasteiger partial charge on any atom is 0.251 e. The van der Waals surface area contributed by atoms with E-state index in [2.05, 4.69) is 30.3 Å². The molecule has 6 rings (SSSR count). The summed E-state index contributed by atoms with van der Waals surface area (Å²) in [5, 5.41) is 16.0. The molecule has 0 radical (unpaired) electrons. The highest BCUT2D eigenvalue weighted by Crippen LogP contribution is 2.39. The summed E-state index contributed by atoms with van der Waals surface area (Å²) in [4.78, 5) is 44.7. The number of anilines is 4. The third-order valence-electron chi connectivity index (χ3n) is 10.9. The van der Waals surface area contributed by atoms with Gasteiger partial charge >= 0.3 is 0 Å². The molecule has 3 N–H and O–H groups in total. The lowest BCUT2D eigenvalue weighted by Gasteiger charge is -2.42. The van der Waals surface area contributed by atoms with Crippen molar-refractivity contribution in [1.82, 2.24) is 25.1 Å². The van der Waals surface area contributed by atoms with E-state index in [4.69, 9.17) is 19.2 Å². The predicted octanol–water partition coefficient (Wildman–Crippen LogP) is 2.98. The van der Waals surface area contributed by atoms with E-state index in [0.29, 0.717) is 34.7 Å². The van der Waals surface area contributed by atoms with Crippen LogP contribution in [0.1, 0.15) is 68.6 Å². The Morgan fingerprint density at radius 1 is 1.02 bits per heavy atom. The van der Waals surface area contributed by atoms with Gasteiger partial charge in [0.1, 0.15) is 24.1 Å². The Morgan fingerprint density at radius 2 is 1.74 bits per heavy atom. The summed E-state index contributed by atoms with van der Waals surface area (Å²) in [6, 6.07) is 5.85. The van der Waals surface area contributed by atoms with Gasteiger partial charge in [-0.15, -0.1) is 0 Å². The van der Waals surface area contributed by atoms with E-state index >= 15 is 0 Å². The zero-order valence-corrected chi connectivity index (χ0v) is 30.0. The van der Waals surface area contributed by atoms with Crippen LogP contribution in [0.2, 0.25) is 0 Å². The molecule has 2 aromatic rings. The molecule has 14 nitrogen and oxygen atoms in total. The van der Waals surface area contributed by atoms with Crippen LogP contribution in [0.5, 0.6) is 5.75 Å². The number of aliphatic hydroxyl groups excluding tert-OH is 1. The van der Waals surface area contributed by atoms with Gasteiger partial charge in [-0.1, -0.05) is 12.8 Å². The number of carbonyl (C=O) groups excluding carboxylic acids is 2. The van der Waals surface area contributed by atoms with Crippen molar-refractivity contribution in [3.05, 3.63) is 30.0 Å². The SMILES string of the molecule is COC(CN1CCN(C2CCC(NC(=O)c3ccc(Nc4ncc5c(n4)N(C4CCCC4)[C@H](C)C(=O)N5C)c(OCCO)c3)CC2)CC1)OC. The number of piperazine rings is 1. The molecule has 1 aromatic heterocycles. The van der Waals surface area contributed by atoms with Gasteiger partial charge in [0.15, 0.2) is 12.1 Å². The summed E-state index contributed by atoms with van der Waals surface area (Å²) in [7, 11) is 5.12. The molecule has 2 amide bonds. The highest BCUT2D eigenvalue weighted by atomic mass is 16.7. The van der Waals surface area contributed by atoms with Gasteiger partial charge < -0.3 is 39.8 Å². The molecular formula is C36H54N8O6. The summed E-state index contributed by atoms with van der Waals surface area (Å²) in [6.07, 6.45) is 9.81. The number of aromatic nitrogens is 2. The first kappa shape index (κ1) is 36.2. The zero-order valence-electron chi connectivity index (χ0n) is 30.0. The fourth-order valence-electron chi connectivity index (χ4n) is 8.01. The number of amides is 2. The first-order valence-electron chi connectivity index (χ1n) is 18.2. The fourth-order valence-corrected chi connectivity index (χ4v) is 8.01. The monoisotopic (exact) mass is 694 g/mol. The van der Waals surface area contributed by atoms with Crippen molar-refractivity contribution in [2.45, 2.75) is 88.7 Å². The minimum absolute atomic E-state index is 0.0316. The molecule has 50 heavy (non-hydrogen) atoms. The number of aliphatic hydroxyl groups is 1. The van der Waals surface area contributed by atoms with Crippen LogP contribution in [-0.4, -0.2) is 134 Å². The molecule has 2 saturated carbocycles. The Morgan fingerprint density at radius 3 is 2.42 bits per heavy atom. The number of rotatable bonds is 13. The second-order valence-electron chi connectivity index (χ2n) is 13.9. The van der Waals surface area contributed by atoms with Crippen LogP contribution in [-0.2, 0) is 14.3 Å². The van der Waals surface area contributed by atoms with Crippen LogP contribution < -0.4 is 25.2 Å².